The number of aromatic hydroxyl groups is 1. The van der Waals surface area contributed by atoms with Crippen molar-refractivity contribution in [1.29, 1.82) is 0 Å². The molecular formula is C14H20N2O4. The lowest BCUT2D eigenvalue weighted by Gasteiger charge is -2.15. The lowest BCUT2D eigenvalue weighted by Crippen LogP contribution is -2.22. The maximum absolute atomic E-state index is 12.1. The fourth-order valence-electron chi connectivity index (χ4n) is 1.94. The van der Waals surface area contributed by atoms with E-state index in [0.717, 1.165) is 19.3 Å². The SMILES string of the molecule is CCCCC(CC)C(=O)Nc1cc([N+](=O)[O-])ccc1O. The molecule has 1 atom stereocenters. The number of benzene rings is 1. The second kappa shape index (κ2) is 7.47. The van der Waals surface area contributed by atoms with Gasteiger partial charge in [0, 0.05) is 18.1 Å². The summed E-state index contributed by atoms with van der Waals surface area (Å²) in [5.74, 6) is -0.528. The molecule has 0 saturated heterocycles. The average Bonchev–Trinajstić information content (AvgIpc) is 2.41. The van der Waals surface area contributed by atoms with Gasteiger partial charge in [-0.15, -0.1) is 0 Å². The first-order valence-electron chi connectivity index (χ1n) is 6.77. The zero-order valence-corrected chi connectivity index (χ0v) is 11.8. The third kappa shape index (κ3) is 4.22. The van der Waals surface area contributed by atoms with E-state index in [4.69, 9.17) is 0 Å². The van der Waals surface area contributed by atoms with Gasteiger partial charge in [-0.1, -0.05) is 26.7 Å². The number of phenolic OH excluding ortho intramolecular Hbond substituents is 1. The van der Waals surface area contributed by atoms with Crippen LogP contribution in [0, 0.1) is 16.0 Å². The first-order valence-corrected chi connectivity index (χ1v) is 6.77. The van der Waals surface area contributed by atoms with Crippen molar-refractivity contribution in [1.82, 2.24) is 0 Å². The summed E-state index contributed by atoms with van der Waals surface area (Å²) in [4.78, 5) is 22.2. The predicted octanol–water partition coefficient (Wildman–Crippen LogP) is 3.46. The van der Waals surface area contributed by atoms with Gasteiger partial charge in [0.1, 0.15) is 5.75 Å². The highest BCUT2D eigenvalue weighted by molar-refractivity contribution is 5.94. The van der Waals surface area contributed by atoms with E-state index in [1.165, 1.54) is 18.2 Å². The second-order valence-corrected chi connectivity index (χ2v) is 4.70. The fraction of sp³-hybridized carbons (Fsp3) is 0.500. The van der Waals surface area contributed by atoms with Gasteiger partial charge in [-0.25, -0.2) is 0 Å². The summed E-state index contributed by atoms with van der Waals surface area (Å²) in [5, 5.41) is 22.9. The minimum absolute atomic E-state index is 0.0825. The van der Waals surface area contributed by atoms with Crippen LogP contribution >= 0.6 is 0 Å². The molecule has 110 valence electrons. The number of phenols is 1. The third-order valence-corrected chi connectivity index (χ3v) is 3.22. The van der Waals surface area contributed by atoms with E-state index in [2.05, 4.69) is 12.2 Å². The fourth-order valence-corrected chi connectivity index (χ4v) is 1.94. The summed E-state index contributed by atoms with van der Waals surface area (Å²) >= 11 is 0. The van der Waals surface area contributed by atoms with Crippen molar-refractivity contribution >= 4 is 17.3 Å². The number of carbonyl (C=O) groups excluding carboxylic acids is 1. The molecule has 0 heterocycles. The van der Waals surface area contributed by atoms with Gasteiger partial charge in [-0.2, -0.15) is 0 Å². The van der Waals surface area contributed by atoms with Crippen LogP contribution in [-0.4, -0.2) is 15.9 Å². The summed E-state index contributed by atoms with van der Waals surface area (Å²) < 4.78 is 0. The Kier molecular flexibility index (Phi) is 5.96. The Morgan fingerprint density at radius 1 is 1.45 bits per heavy atom. The topological polar surface area (TPSA) is 92.5 Å². The molecule has 0 fully saturated rings. The van der Waals surface area contributed by atoms with Crippen molar-refractivity contribution in [2.75, 3.05) is 5.32 Å². The number of carbonyl (C=O) groups is 1. The number of rotatable bonds is 7. The predicted molar refractivity (Wildman–Crippen MR) is 76.7 cm³/mol. The van der Waals surface area contributed by atoms with Gasteiger partial charge in [0.05, 0.1) is 10.6 Å². The number of non-ortho nitro benzene ring substituents is 1. The van der Waals surface area contributed by atoms with Crippen LogP contribution in [0.25, 0.3) is 0 Å². The Bertz CT molecular complexity index is 488. The highest BCUT2D eigenvalue weighted by Crippen LogP contribution is 2.28. The molecule has 2 N–H and O–H groups in total. The molecule has 0 aromatic heterocycles. The molecule has 20 heavy (non-hydrogen) atoms. The van der Waals surface area contributed by atoms with Gasteiger partial charge >= 0.3 is 0 Å². The van der Waals surface area contributed by atoms with Crippen molar-refractivity contribution in [2.45, 2.75) is 39.5 Å². The Labute approximate surface area is 118 Å². The standard InChI is InChI=1S/C14H20N2O4/c1-3-5-6-10(4-2)14(18)15-12-9-11(16(19)20)7-8-13(12)17/h7-10,17H,3-6H2,1-2H3,(H,15,18). The van der Waals surface area contributed by atoms with Crippen LogP contribution in [0.3, 0.4) is 0 Å². The van der Waals surface area contributed by atoms with Crippen LogP contribution in [0.15, 0.2) is 18.2 Å². The van der Waals surface area contributed by atoms with E-state index in [-0.39, 0.29) is 28.9 Å². The number of nitrogens with one attached hydrogen (secondary N) is 1. The number of hydrogen-bond donors (Lipinski definition) is 2. The van der Waals surface area contributed by atoms with Gasteiger partial charge in [-0.05, 0) is 18.9 Å². The molecule has 1 rings (SSSR count). The minimum atomic E-state index is -0.566. The molecule has 0 bridgehead atoms. The number of nitrogens with zero attached hydrogens (tertiary/aromatic N) is 1. The molecular weight excluding hydrogens is 260 g/mol. The Balaban J connectivity index is 2.83. The number of unbranched alkanes of at least 4 members (excludes halogenated alkanes) is 1. The third-order valence-electron chi connectivity index (χ3n) is 3.22. The van der Waals surface area contributed by atoms with Crippen LogP contribution in [-0.2, 0) is 4.79 Å². The van der Waals surface area contributed by atoms with E-state index >= 15 is 0 Å². The Hall–Kier alpha value is -2.11. The molecule has 6 nitrogen and oxygen atoms in total. The number of nitro groups is 1. The monoisotopic (exact) mass is 280 g/mol. The maximum atomic E-state index is 12.1. The molecule has 1 unspecified atom stereocenters. The largest absolute Gasteiger partial charge is 0.506 e. The molecule has 1 amide bonds. The van der Waals surface area contributed by atoms with Crippen molar-refractivity contribution in [2.24, 2.45) is 5.92 Å². The minimum Gasteiger partial charge on any atom is -0.506 e. The number of hydrogen-bond acceptors (Lipinski definition) is 4. The van der Waals surface area contributed by atoms with Crippen molar-refractivity contribution in [3.63, 3.8) is 0 Å². The lowest BCUT2D eigenvalue weighted by molar-refractivity contribution is -0.384. The number of anilines is 1. The molecule has 0 spiro atoms. The highest BCUT2D eigenvalue weighted by atomic mass is 16.6. The van der Waals surface area contributed by atoms with Crippen LogP contribution in [0.2, 0.25) is 0 Å². The van der Waals surface area contributed by atoms with Gasteiger partial charge in [0.15, 0.2) is 0 Å². The van der Waals surface area contributed by atoms with Crippen molar-refractivity contribution in [3.8, 4) is 5.75 Å². The molecule has 0 radical (unpaired) electrons. The molecule has 6 heteroatoms. The summed E-state index contributed by atoms with van der Waals surface area (Å²) in [6.07, 6.45) is 3.43. The molecule has 1 aromatic rings. The zero-order valence-electron chi connectivity index (χ0n) is 11.8. The van der Waals surface area contributed by atoms with Crippen LogP contribution < -0.4 is 5.32 Å². The van der Waals surface area contributed by atoms with Gasteiger partial charge in [0.25, 0.3) is 5.69 Å². The first-order chi connectivity index (χ1) is 9.49. The maximum Gasteiger partial charge on any atom is 0.271 e. The second-order valence-electron chi connectivity index (χ2n) is 4.70. The molecule has 0 aliphatic heterocycles. The van der Waals surface area contributed by atoms with Gasteiger partial charge in [-0.3, -0.25) is 14.9 Å². The van der Waals surface area contributed by atoms with E-state index < -0.39 is 4.92 Å². The quantitative estimate of drug-likeness (QED) is 0.454. The van der Waals surface area contributed by atoms with Crippen LogP contribution in [0.5, 0.6) is 5.75 Å². The number of amides is 1. The summed E-state index contributed by atoms with van der Waals surface area (Å²) in [7, 11) is 0. The Morgan fingerprint density at radius 2 is 2.15 bits per heavy atom. The van der Waals surface area contributed by atoms with Crippen LogP contribution in [0.1, 0.15) is 39.5 Å². The van der Waals surface area contributed by atoms with Crippen molar-refractivity contribution < 1.29 is 14.8 Å². The van der Waals surface area contributed by atoms with E-state index in [0.29, 0.717) is 6.42 Å². The summed E-state index contributed by atoms with van der Waals surface area (Å²) in [6.45, 7) is 3.98. The average molecular weight is 280 g/mol. The lowest BCUT2D eigenvalue weighted by atomic mass is 9.98. The highest BCUT2D eigenvalue weighted by Gasteiger charge is 2.18. The molecule has 0 aliphatic carbocycles. The smallest absolute Gasteiger partial charge is 0.271 e. The molecule has 1 aromatic carbocycles. The number of nitro benzene ring substituents is 1. The van der Waals surface area contributed by atoms with E-state index in [1.807, 2.05) is 6.92 Å². The van der Waals surface area contributed by atoms with E-state index in [1.54, 1.807) is 0 Å². The summed E-state index contributed by atoms with van der Waals surface area (Å²) in [5.41, 5.74) is -0.0844. The normalized spacial score (nSPS) is 11.9. The first kappa shape index (κ1) is 15.9. The summed E-state index contributed by atoms with van der Waals surface area (Å²) in [6, 6.07) is 3.57. The molecule has 0 aliphatic rings. The van der Waals surface area contributed by atoms with E-state index in [9.17, 15) is 20.0 Å². The van der Waals surface area contributed by atoms with Crippen LogP contribution in [0.4, 0.5) is 11.4 Å². The Morgan fingerprint density at radius 3 is 2.70 bits per heavy atom. The zero-order chi connectivity index (χ0) is 15.1. The van der Waals surface area contributed by atoms with Gasteiger partial charge < -0.3 is 10.4 Å². The molecule has 0 saturated carbocycles. The van der Waals surface area contributed by atoms with Crippen molar-refractivity contribution in [3.05, 3.63) is 28.3 Å². The van der Waals surface area contributed by atoms with Gasteiger partial charge in [0.2, 0.25) is 5.91 Å².